The van der Waals surface area contributed by atoms with Gasteiger partial charge in [0.15, 0.2) is 5.75 Å². The van der Waals surface area contributed by atoms with E-state index in [1.807, 2.05) is 0 Å². The molecule has 0 fully saturated rings. The van der Waals surface area contributed by atoms with Gasteiger partial charge in [0.1, 0.15) is 6.26 Å². The first-order chi connectivity index (χ1) is 8.08. The molecule has 0 bridgehead atoms. The summed E-state index contributed by atoms with van der Waals surface area (Å²) in [6.45, 7) is 0. The third kappa shape index (κ3) is 2.75. The lowest BCUT2D eigenvalue weighted by atomic mass is 10.3. The van der Waals surface area contributed by atoms with Crippen molar-refractivity contribution in [3.63, 3.8) is 0 Å². The van der Waals surface area contributed by atoms with Gasteiger partial charge in [0, 0.05) is 5.02 Å². The van der Waals surface area contributed by atoms with E-state index in [1.54, 1.807) is 0 Å². The van der Waals surface area contributed by atoms with E-state index in [2.05, 4.69) is 0 Å². The lowest BCUT2D eigenvalue weighted by Gasteiger charge is -2.07. The molecule has 0 unspecified atom stereocenters. The lowest BCUT2D eigenvalue weighted by Crippen LogP contribution is -2.07. The molecule has 6 heteroatoms. The highest BCUT2D eigenvalue weighted by Gasteiger charge is 2.15. The summed E-state index contributed by atoms with van der Waals surface area (Å²) in [5, 5.41) is 0.696. The van der Waals surface area contributed by atoms with Gasteiger partial charge in [0.2, 0.25) is 0 Å². The molecule has 0 spiro atoms. The average molecular weight is 292 g/mol. The van der Waals surface area contributed by atoms with Gasteiger partial charge in [0.05, 0.1) is 21.9 Å². The lowest BCUT2D eigenvalue weighted by molar-refractivity contribution is 0.0734. The Morgan fingerprint density at radius 2 is 1.82 bits per heavy atom. The molecule has 0 atom stereocenters. The van der Waals surface area contributed by atoms with Crippen LogP contribution in [-0.2, 0) is 0 Å². The molecule has 0 saturated heterocycles. The Bertz CT molecular complexity index is 526. The Hall–Kier alpha value is -1.16. The van der Waals surface area contributed by atoms with Crippen molar-refractivity contribution in [3.05, 3.63) is 51.4 Å². The van der Waals surface area contributed by atoms with Crippen LogP contribution in [0.1, 0.15) is 10.4 Å². The van der Waals surface area contributed by atoms with Crippen molar-refractivity contribution in [3.8, 4) is 5.75 Å². The second-order valence-corrected chi connectivity index (χ2v) is 4.35. The molecule has 2 aromatic rings. The minimum Gasteiger partial charge on any atom is -0.472 e. The summed E-state index contributed by atoms with van der Waals surface area (Å²) < 4.78 is 9.82. The van der Waals surface area contributed by atoms with Gasteiger partial charge in [-0.2, -0.15) is 0 Å². The topological polar surface area (TPSA) is 39.4 Å². The zero-order chi connectivity index (χ0) is 12.4. The highest BCUT2D eigenvalue weighted by atomic mass is 35.5. The first kappa shape index (κ1) is 12.3. The van der Waals surface area contributed by atoms with Crippen LogP contribution in [0.5, 0.6) is 5.75 Å². The van der Waals surface area contributed by atoms with Crippen LogP contribution in [0.15, 0.2) is 35.1 Å². The Labute approximate surface area is 112 Å². The monoisotopic (exact) mass is 290 g/mol. The van der Waals surface area contributed by atoms with Crippen LogP contribution in [0.4, 0.5) is 0 Å². The summed E-state index contributed by atoms with van der Waals surface area (Å²) in [7, 11) is 0. The number of ether oxygens (including phenoxy) is 1. The molecular weight excluding hydrogens is 286 g/mol. The second kappa shape index (κ2) is 5.00. The van der Waals surface area contributed by atoms with Crippen molar-refractivity contribution in [2.75, 3.05) is 0 Å². The number of halogens is 3. The van der Waals surface area contributed by atoms with Gasteiger partial charge in [-0.25, -0.2) is 4.79 Å². The van der Waals surface area contributed by atoms with E-state index in [9.17, 15) is 4.79 Å². The number of rotatable bonds is 2. The first-order valence-electron chi connectivity index (χ1n) is 4.47. The van der Waals surface area contributed by atoms with Crippen LogP contribution in [0.3, 0.4) is 0 Å². The molecule has 0 saturated carbocycles. The number of carbonyl (C=O) groups excluding carboxylic acids is 1. The maximum absolute atomic E-state index is 11.6. The van der Waals surface area contributed by atoms with Gasteiger partial charge in [-0.3, -0.25) is 0 Å². The smallest absolute Gasteiger partial charge is 0.346 e. The molecule has 0 amide bonds. The molecule has 0 radical (unpaired) electrons. The summed E-state index contributed by atoms with van der Waals surface area (Å²) in [6, 6.07) is 4.35. The van der Waals surface area contributed by atoms with Crippen molar-refractivity contribution in [2.24, 2.45) is 0 Å². The third-order valence-corrected chi connectivity index (χ3v) is 2.69. The number of benzene rings is 1. The van der Waals surface area contributed by atoms with E-state index in [1.165, 1.54) is 30.7 Å². The fourth-order valence-electron chi connectivity index (χ4n) is 1.16. The van der Waals surface area contributed by atoms with E-state index in [0.29, 0.717) is 5.02 Å². The zero-order valence-corrected chi connectivity index (χ0v) is 10.5. The summed E-state index contributed by atoms with van der Waals surface area (Å²) >= 11 is 17.5. The van der Waals surface area contributed by atoms with Crippen molar-refractivity contribution in [1.29, 1.82) is 0 Å². The van der Waals surface area contributed by atoms with Gasteiger partial charge < -0.3 is 9.15 Å². The Morgan fingerprint density at radius 3 is 2.35 bits per heavy atom. The fraction of sp³-hybridized carbons (Fsp3) is 0. The van der Waals surface area contributed by atoms with E-state index in [0.717, 1.165) is 0 Å². The predicted octanol–water partition coefficient (Wildman–Crippen LogP) is 4.46. The molecule has 0 aliphatic carbocycles. The number of hydrogen-bond donors (Lipinski definition) is 0. The molecule has 0 aliphatic rings. The van der Waals surface area contributed by atoms with Gasteiger partial charge in [-0.1, -0.05) is 34.8 Å². The quantitative estimate of drug-likeness (QED) is 0.606. The van der Waals surface area contributed by atoms with E-state index >= 15 is 0 Å². The van der Waals surface area contributed by atoms with E-state index < -0.39 is 5.97 Å². The highest BCUT2D eigenvalue weighted by molar-refractivity contribution is 6.40. The van der Waals surface area contributed by atoms with E-state index in [4.69, 9.17) is 44.0 Å². The molecule has 1 aromatic carbocycles. The average Bonchev–Trinajstić information content (AvgIpc) is 2.76. The third-order valence-electron chi connectivity index (χ3n) is 1.91. The zero-order valence-electron chi connectivity index (χ0n) is 8.25. The van der Waals surface area contributed by atoms with Gasteiger partial charge in [-0.05, 0) is 18.2 Å². The van der Waals surface area contributed by atoms with Crippen molar-refractivity contribution in [1.82, 2.24) is 0 Å². The number of carbonyl (C=O) groups is 1. The largest absolute Gasteiger partial charge is 0.472 e. The predicted molar refractivity (Wildman–Crippen MR) is 65.1 cm³/mol. The molecule has 17 heavy (non-hydrogen) atoms. The van der Waals surface area contributed by atoms with Crippen LogP contribution in [0.2, 0.25) is 15.1 Å². The summed E-state index contributed by atoms with van der Waals surface area (Å²) in [5.74, 6) is -0.534. The van der Waals surface area contributed by atoms with Crippen molar-refractivity contribution < 1.29 is 13.9 Å². The van der Waals surface area contributed by atoms with Crippen LogP contribution in [0, 0.1) is 0 Å². The molecule has 88 valence electrons. The molecule has 1 heterocycles. The second-order valence-electron chi connectivity index (χ2n) is 3.10. The molecule has 3 nitrogen and oxygen atoms in total. The molecule has 1 aromatic heterocycles. The molecule has 0 N–H and O–H groups in total. The van der Waals surface area contributed by atoms with Crippen LogP contribution >= 0.6 is 34.8 Å². The summed E-state index contributed by atoms with van der Waals surface area (Å²) in [5.41, 5.74) is 0.270. The summed E-state index contributed by atoms with van der Waals surface area (Å²) in [6.07, 6.45) is 2.63. The molecule has 2 rings (SSSR count). The fourth-order valence-corrected chi connectivity index (χ4v) is 2.05. The minimum atomic E-state index is -0.607. The van der Waals surface area contributed by atoms with E-state index in [-0.39, 0.29) is 21.4 Å². The Morgan fingerprint density at radius 1 is 1.18 bits per heavy atom. The van der Waals surface area contributed by atoms with Gasteiger partial charge in [0.25, 0.3) is 0 Å². The number of furan rings is 1. The normalized spacial score (nSPS) is 10.3. The van der Waals surface area contributed by atoms with Crippen molar-refractivity contribution >= 4 is 40.8 Å². The highest BCUT2D eigenvalue weighted by Crippen LogP contribution is 2.36. The number of hydrogen-bond acceptors (Lipinski definition) is 3. The minimum absolute atomic E-state index is 0.0731. The van der Waals surface area contributed by atoms with Crippen molar-refractivity contribution in [2.45, 2.75) is 0 Å². The molecular formula is C11H5Cl3O3. The Balaban J connectivity index is 2.28. The van der Waals surface area contributed by atoms with Crippen LogP contribution in [0.25, 0.3) is 0 Å². The maximum Gasteiger partial charge on any atom is 0.346 e. The van der Waals surface area contributed by atoms with Crippen LogP contribution in [-0.4, -0.2) is 5.97 Å². The van der Waals surface area contributed by atoms with Gasteiger partial charge >= 0.3 is 5.97 Å². The molecule has 0 aliphatic heterocycles. The van der Waals surface area contributed by atoms with Crippen LogP contribution < -0.4 is 4.74 Å². The maximum atomic E-state index is 11.6. The number of esters is 1. The Kier molecular flexibility index (Phi) is 3.62. The van der Waals surface area contributed by atoms with Gasteiger partial charge in [-0.15, -0.1) is 0 Å². The SMILES string of the molecule is O=C(Oc1c(Cl)cc(Cl)cc1Cl)c1ccoc1. The summed E-state index contributed by atoms with van der Waals surface area (Å²) in [4.78, 5) is 11.6. The first-order valence-corrected chi connectivity index (χ1v) is 5.60. The standard InChI is InChI=1S/C11H5Cl3O3/c12-7-3-8(13)10(9(14)4-7)17-11(15)6-1-2-16-5-6/h1-5H.